The minimum atomic E-state index is -0.433. The minimum absolute atomic E-state index is 0.0547. The molecule has 1 N–H and O–H groups in total. The molecule has 0 unspecified atom stereocenters. The number of anilines is 1. The molecule has 0 saturated carbocycles. The number of esters is 1. The van der Waals surface area contributed by atoms with E-state index < -0.39 is 5.97 Å². The van der Waals surface area contributed by atoms with Gasteiger partial charge in [0.25, 0.3) is 0 Å². The highest BCUT2D eigenvalue weighted by Gasteiger charge is 2.24. The second kappa shape index (κ2) is 9.75. The van der Waals surface area contributed by atoms with Gasteiger partial charge in [-0.1, -0.05) is 61.0 Å². The lowest BCUT2D eigenvalue weighted by Crippen LogP contribution is -2.09. The molecular formula is C28H27N3O3. The van der Waals surface area contributed by atoms with Gasteiger partial charge in [0, 0.05) is 24.6 Å². The van der Waals surface area contributed by atoms with Crippen molar-refractivity contribution < 1.29 is 14.3 Å². The predicted octanol–water partition coefficient (Wildman–Crippen LogP) is 6.10. The maximum atomic E-state index is 12.1. The SMILES string of the molecule is CCC(=O)Nc1ccc(-c2c(-c3ccc(C)cc3)nn(-c3cccc(C)c3)c2OC(C)=O)cc1. The van der Waals surface area contributed by atoms with Crippen molar-refractivity contribution in [3.8, 4) is 34.0 Å². The van der Waals surface area contributed by atoms with Crippen LogP contribution in [0.5, 0.6) is 5.88 Å². The quantitative estimate of drug-likeness (QED) is 0.358. The zero-order valence-corrected chi connectivity index (χ0v) is 19.8. The van der Waals surface area contributed by atoms with E-state index in [4.69, 9.17) is 9.84 Å². The number of amides is 1. The number of benzene rings is 3. The Morgan fingerprint density at radius 2 is 1.59 bits per heavy atom. The molecule has 6 heteroatoms. The Hall–Kier alpha value is -4.19. The molecule has 1 amide bonds. The van der Waals surface area contributed by atoms with Gasteiger partial charge in [0.05, 0.1) is 11.3 Å². The van der Waals surface area contributed by atoms with Gasteiger partial charge >= 0.3 is 5.97 Å². The molecule has 6 nitrogen and oxygen atoms in total. The molecular weight excluding hydrogens is 426 g/mol. The number of hydrogen-bond acceptors (Lipinski definition) is 4. The van der Waals surface area contributed by atoms with Crippen molar-refractivity contribution in [2.45, 2.75) is 34.1 Å². The molecule has 0 saturated heterocycles. The molecule has 1 aromatic heterocycles. The molecule has 4 rings (SSSR count). The van der Waals surface area contributed by atoms with Crippen LogP contribution >= 0.6 is 0 Å². The first kappa shape index (κ1) is 23.0. The summed E-state index contributed by atoms with van der Waals surface area (Å²) in [4.78, 5) is 23.9. The van der Waals surface area contributed by atoms with Crippen LogP contribution in [0.4, 0.5) is 5.69 Å². The first-order chi connectivity index (χ1) is 16.4. The van der Waals surface area contributed by atoms with E-state index in [1.807, 2.05) is 93.6 Å². The van der Waals surface area contributed by atoms with E-state index in [0.29, 0.717) is 29.2 Å². The summed E-state index contributed by atoms with van der Waals surface area (Å²) in [5, 5.41) is 7.77. The molecule has 0 aliphatic carbocycles. The smallest absolute Gasteiger partial charge is 0.309 e. The third-order valence-corrected chi connectivity index (χ3v) is 5.43. The van der Waals surface area contributed by atoms with E-state index in [1.54, 1.807) is 4.68 Å². The minimum Gasteiger partial charge on any atom is -0.407 e. The highest BCUT2D eigenvalue weighted by Crippen LogP contribution is 2.41. The molecule has 0 aliphatic heterocycles. The molecule has 0 fully saturated rings. The van der Waals surface area contributed by atoms with E-state index in [2.05, 4.69) is 5.32 Å². The number of ether oxygens (including phenoxy) is 1. The third kappa shape index (κ3) is 4.91. The van der Waals surface area contributed by atoms with Gasteiger partial charge in [0.2, 0.25) is 11.8 Å². The predicted molar refractivity (Wildman–Crippen MR) is 134 cm³/mol. The summed E-state index contributed by atoms with van der Waals surface area (Å²) < 4.78 is 7.43. The average molecular weight is 454 g/mol. The average Bonchev–Trinajstić information content (AvgIpc) is 3.18. The first-order valence-electron chi connectivity index (χ1n) is 11.2. The van der Waals surface area contributed by atoms with Gasteiger partial charge < -0.3 is 10.1 Å². The summed E-state index contributed by atoms with van der Waals surface area (Å²) in [7, 11) is 0. The summed E-state index contributed by atoms with van der Waals surface area (Å²) in [5.41, 5.74) is 6.83. The molecule has 0 atom stereocenters. The van der Waals surface area contributed by atoms with Crippen molar-refractivity contribution in [3.63, 3.8) is 0 Å². The van der Waals surface area contributed by atoms with Crippen LogP contribution in [0.2, 0.25) is 0 Å². The fourth-order valence-electron chi connectivity index (χ4n) is 3.71. The van der Waals surface area contributed by atoms with Crippen LogP contribution in [0.3, 0.4) is 0 Å². The number of carbonyl (C=O) groups excluding carboxylic acids is 2. The lowest BCUT2D eigenvalue weighted by molar-refractivity contribution is -0.132. The molecule has 3 aromatic carbocycles. The maximum absolute atomic E-state index is 12.1. The number of hydrogen-bond donors (Lipinski definition) is 1. The summed E-state index contributed by atoms with van der Waals surface area (Å²) in [6.07, 6.45) is 0.402. The number of nitrogens with one attached hydrogen (secondary N) is 1. The number of aromatic nitrogens is 2. The Labute approximate surface area is 199 Å². The number of carbonyl (C=O) groups is 2. The van der Waals surface area contributed by atoms with Crippen molar-refractivity contribution in [3.05, 3.63) is 83.9 Å². The summed E-state index contributed by atoms with van der Waals surface area (Å²) in [6, 6.07) is 23.4. The Morgan fingerprint density at radius 1 is 0.912 bits per heavy atom. The van der Waals surface area contributed by atoms with Crippen LogP contribution in [-0.4, -0.2) is 21.7 Å². The standard InChI is InChI=1S/C28H27N3O3/c1-5-25(33)29-23-15-13-21(14-16-23)26-27(22-11-9-18(2)10-12-22)30-31(28(26)34-20(4)32)24-8-6-7-19(3)17-24/h6-17H,5H2,1-4H3,(H,29,33). The molecule has 1 heterocycles. The summed E-state index contributed by atoms with van der Waals surface area (Å²) >= 11 is 0. The van der Waals surface area contributed by atoms with E-state index in [0.717, 1.165) is 27.9 Å². The molecule has 34 heavy (non-hydrogen) atoms. The van der Waals surface area contributed by atoms with Gasteiger partial charge in [0.15, 0.2) is 0 Å². The monoisotopic (exact) mass is 453 g/mol. The zero-order chi connectivity index (χ0) is 24.2. The third-order valence-electron chi connectivity index (χ3n) is 5.43. The Balaban J connectivity index is 1.94. The molecule has 0 radical (unpaired) electrons. The van der Waals surface area contributed by atoms with Crippen LogP contribution in [-0.2, 0) is 9.59 Å². The number of aryl methyl sites for hydroxylation is 2. The largest absolute Gasteiger partial charge is 0.407 e. The topological polar surface area (TPSA) is 73.2 Å². The Morgan fingerprint density at radius 3 is 2.21 bits per heavy atom. The zero-order valence-electron chi connectivity index (χ0n) is 19.8. The molecule has 172 valence electrons. The van der Waals surface area contributed by atoms with Gasteiger partial charge in [-0.25, -0.2) is 0 Å². The fourth-order valence-corrected chi connectivity index (χ4v) is 3.71. The van der Waals surface area contributed by atoms with Crippen LogP contribution in [0.15, 0.2) is 72.8 Å². The van der Waals surface area contributed by atoms with Crippen LogP contribution in [0, 0.1) is 13.8 Å². The fraction of sp³-hybridized carbons (Fsp3) is 0.179. The first-order valence-corrected chi connectivity index (χ1v) is 11.2. The highest BCUT2D eigenvalue weighted by molar-refractivity contribution is 5.92. The normalized spacial score (nSPS) is 10.7. The highest BCUT2D eigenvalue weighted by atomic mass is 16.5. The van der Waals surface area contributed by atoms with E-state index in [1.165, 1.54) is 6.92 Å². The summed E-state index contributed by atoms with van der Waals surface area (Å²) in [6.45, 7) is 7.22. The van der Waals surface area contributed by atoms with E-state index in [-0.39, 0.29) is 5.91 Å². The van der Waals surface area contributed by atoms with Gasteiger partial charge in [-0.3, -0.25) is 9.59 Å². The lowest BCUT2D eigenvalue weighted by atomic mass is 10.00. The van der Waals surface area contributed by atoms with Crippen LogP contribution in [0.25, 0.3) is 28.1 Å². The van der Waals surface area contributed by atoms with E-state index in [9.17, 15) is 9.59 Å². The second-order valence-electron chi connectivity index (χ2n) is 8.22. The Bertz CT molecular complexity index is 1340. The van der Waals surface area contributed by atoms with E-state index >= 15 is 0 Å². The second-order valence-corrected chi connectivity index (χ2v) is 8.22. The van der Waals surface area contributed by atoms with Crippen molar-refractivity contribution in [2.75, 3.05) is 5.32 Å². The van der Waals surface area contributed by atoms with Gasteiger partial charge in [-0.2, -0.15) is 9.78 Å². The maximum Gasteiger partial charge on any atom is 0.309 e. The molecule has 0 aliphatic rings. The number of nitrogens with zero attached hydrogens (tertiary/aromatic N) is 2. The molecule has 4 aromatic rings. The van der Waals surface area contributed by atoms with Gasteiger partial charge in [-0.15, -0.1) is 0 Å². The van der Waals surface area contributed by atoms with Crippen molar-refractivity contribution in [1.29, 1.82) is 0 Å². The van der Waals surface area contributed by atoms with Crippen molar-refractivity contribution in [1.82, 2.24) is 9.78 Å². The number of rotatable bonds is 6. The van der Waals surface area contributed by atoms with Crippen LogP contribution in [0.1, 0.15) is 31.4 Å². The van der Waals surface area contributed by atoms with Crippen LogP contribution < -0.4 is 10.1 Å². The Kier molecular flexibility index (Phi) is 6.59. The van der Waals surface area contributed by atoms with Crippen molar-refractivity contribution >= 4 is 17.6 Å². The van der Waals surface area contributed by atoms with Crippen molar-refractivity contribution in [2.24, 2.45) is 0 Å². The summed E-state index contributed by atoms with van der Waals surface area (Å²) in [5.74, 6) is -0.141. The lowest BCUT2D eigenvalue weighted by Gasteiger charge is -2.11. The van der Waals surface area contributed by atoms with Gasteiger partial charge in [0.1, 0.15) is 5.69 Å². The molecule has 0 bridgehead atoms. The van der Waals surface area contributed by atoms with Gasteiger partial charge in [-0.05, 0) is 49.2 Å². The molecule has 0 spiro atoms.